The second-order valence-electron chi connectivity index (χ2n) is 9.70. The van der Waals surface area contributed by atoms with Crippen molar-refractivity contribution in [2.45, 2.75) is 69.7 Å². The summed E-state index contributed by atoms with van der Waals surface area (Å²) in [4.78, 5) is 32.6. The van der Waals surface area contributed by atoms with Gasteiger partial charge in [-0.05, 0) is 45.2 Å². The Kier molecular flexibility index (Phi) is 7.48. The van der Waals surface area contributed by atoms with Crippen LogP contribution in [0.25, 0.3) is 0 Å². The number of nitrogens with one attached hydrogen (secondary N) is 1. The molecular formula is C25H38N4O3. The maximum Gasteiger partial charge on any atom is 0.239 e. The fourth-order valence-corrected chi connectivity index (χ4v) is 5.72. The van der Waals surface area contributed by atoms with Gasteiger partial charge in [0.15, 0.2) is 0 Å². The lowest BCUT2D eigenvalue weighted by Gasteiger charge is -2.33. The number of fused-ring (bicyclic) bond motifs is 1. The maximum atomic E-state index is 13.0. The number of hydrogen-bond acceptors (Lipinski definition) is 5. The van der Waals surface area contributed by atoms with Crippen molar-refractivity contribution in [2.75, 3.05) is 40.4 Å². The normalized spacial score (nSPS) is 29.1. The molecule has 0 unspecified atom stereocenters. The molecule has 4 rings (SSSR count). The Morgan fingerprint density at radius 1 is 1.16 bits per heavy atom. The van der Waals surface area contributed by atoms with Gasteiger partial charge in [0.1, 0.15) is 6.04 Å². The second kappa shape index (κ2) is 10.3. The van der Waals surface area contributed by atoms with Crippen molar-refractivity contribution in [2.24, 2.45) is 0 Å². The molecule has 0 aliphatic carbocycles. The Labute approximate surface area is 192 Å². The third kappa shape index (κ3) is 5.00. The number of carbonyl (C=O) groups excluding carboxylic acids is 2. The van der Waals surface area contributed by atoms with Gasteiger partial charge in [-0.2, -0.15) is 0 Å². The van der Waals surface area contributed by atoms with Crippen LogP contribution in [0.4, 0.5) is 0 Å². The van der Waals surface area contributed by atoms with Gasteiger partial charge in [-0.1, -0.05) is 29.8 Å². The van der Waals surface area contributed by atoms with Gasteiger partial charge in [0.05, 0.1) is 12.6 Å². The van der Waals surface area contributed by atoms with E-state index in [1.54, 1.807) is 7.11 Å². The maximum absolute atomic E-state index is 13.0. The van der Waals surface area contributed by atoms with Gasteiger partial charge in [0, 0.05) is 51.8 Å². The van der Waals surface area contributed by atoms with E-state index in [9.17, 15) is 9.59 Å². The first-order valence-electron chi connectivity index (χ1n) is 12.1. The number of methoxy groups -OCH3 is 1. The molecule has 3 aliphatic heterocycles. The fraction of sp³-hybridized carbons (Fsp3) is 0.680. The molecule has 0 spiro atoms. The monoisotopic (exact) mass is 442 g/mol. The number of likely N-dealkylation sites (tertiary alicyclic amines) is 2. The third-order valence-electron chi connectivity index (χ3n) is 7.60. The molecule has 1 N–H and O–H groups in total. The molecule has 176 valence electrons. The highest BCUT2D eigenvalue weighted by Gasteiger charge is 2.45. The minimum absolute atomic E-state index is 0.125. The standard InChI is InChI=1S/C25H38N4O3/c1-18-6-8-19(9-7-18)16-28-14-12-22-24(28)25(31)26-15-20(27(22)2)10-11-23(30)29-13-4-5-21(29)17-32-3/h6-9,20-22,24H,4-5,10-17H2,1-3H3,(H,26,31)/t20-,21+,22-,24-/m0/s1. The quantitative estimate of drug-likeness (QED) is 0.698. The molecule has 4 atom stereocenters. The van der Waals surface area contributed by atoms with E-state index >= 15 is 0 Å². The van der Waals surface area contributed by atoms with Crippen molar-refractivity contribution in [1.29, 1.82) is 0 Å². The van der Waals surface area contributed by atoms with Crippen LogP contribution >= 0.6 is 0 Å². The molecule has 3 saturated heterocycles. The lowest BCUT2D eigenvalue weighted by Crippen LogP contribution is -2.49. The highest BCUT2D eigenvalue weighted by Crippen LogP contribution is 2.29. The van der Waals surface area contributed by atoms with E-state index in [4.69, 9.17) is 4.74 Å². The van der Waals surface area contributed by atoms with Crippen molar-refractivity contribution in [3.05, 3.63) is 35.4 Å². The Morgan fingerprint density at radius 2 is 1.94 bits per heavy atom. The number of rotatable bonds is 7. The Hall–Kier alpha value is -1.96. The smallest absolute Gasteiger partial charge is 0.239 e. The van der Waals surface area contributed by atoms with E-state index in [0.717, 1.165) is 45.3 Å². The minimum Gasteiger partial charge on any atom is -0.383 e. The van der Waals surface area contributed by atoms with Crippen LogP contribution in [0.3, 0.4) is 0 Å². The molecular weight excluding hydrogens is 404 g/mol. The van der Waals surface area contributed by atoms with Crippen LogP contribution in [0, 0.1) is 6.92 Å². The zero-order valence-electron chi connectivity index (χ0n) is 19.8. The van der Waals surface area contributed by atoms with Crippen LogP contribution in [0.1, 0.15) is 43.2 Å². The zero-order valence-corrected chi connectivity index (χ0v) is 19.8. The van der Waals surface area contributed by atoms with Gasteiger partial charge >= 0.3 is 0 Å². The van der Waals surface area contributed by atoms with Crippen LogP contribution in [0.2, 0.25) is 0 Å². The first-order valence-corrected chi connectivity index (χ1v) is 12.1. The first kappa shape index (κ1) is 23.2. The summed E-state index contributed by atoms with van der Waals surface area (Å²) in [6.07, 6.45) is 4.36. The Balaban J connectivity index is 1.36. The second-order valence-corrected chi connectivity index (χ2v) is 9.70. The highest BCUT2D eigenvalue weighted by atomic mass is 16.5. The Bertz CT molecular complexity index is 799. The van der Waals surface area contributed by atoms with E-state index in [1.165, 1.54) is 11.1 Å². The summed E-state index contributed by atoms with van der Waals surface area (Å²) in [5.41, 5.74) is 2.49. The van der Waals surface area contributed by atoms with Gasteiger partial charge in [0.25, 0.3) is 0 Å². The molecule has 1 aromatic rings. The summed E-state index contributed by atoms with van der Waals surface area (Å²) < 4.78 is 5.30. The van der Waals surface area contributed by atoms with Gasteiger partial charge < -0.3 is 15.0 Å². The lowest BCUT2D eigenvalue weighted by molar-refractivity contribution is -0.133. The molecule has 7 nitrogen and oxygen atoms in total. The molecule has 1 aromatic carbocycles. The molecule has 32 heavy (non-hydrogen) atoms. The topological polar surface area (TPSA) is 65.1 Å². The Morgan fingerprint density at radius 3 is 2.69 bits per heavy atom. The van der Waals surface area contributed by atoms with E-state index < -0.39 is 0 Å². The van der Waals surface area contributed by atoms with E-state index in [1.807, 2.05) is 4.90 Å². The number of hydrogen-bond donors (Lipinski definition) is 1. The highest BCUT2D eigenvalue weighted by molar-refractivity contribution is 5.83. The minimum atomic E-state index is -0.133. The molecule has 3 heterocycles. The molecule has 2 amide bonds. The number of aryl methyl sites for hydroxylation is 1. The molecule has 0 aromatic heterocycles. The zero-order chi connectivity index (χ0) is 22.7. The summed E-state index contributed by atoms with van der Waals surface area (Å²) in [7, 11) is 3.83. The first-order chi connectivity index (χ1) is 15.5. The van der Waals surface area contributed by atoms with Crippen LogP contribution in [-0.4, -0.2) is 91.1 Å². The van der Waals surface area contributed by atoms with E-state index in [2.05, 4.69) is 53.4 Å². The van der Waals surface area contributed by atoms with Crippen molar-refractivity contribution >= 4 is 11.8 Å². The van der Waals surface area contributed by atoms with Gasteiger partial charge in [-0.3, -0.25) is 19.4 Å². The van der Waals surface area contributed by atoms with E-state index in [0.29, 0.717) is 19.6 Å². The summed E-state index contributed by atoms with van der Waals surface area (Å²) in [5, 5.41) is 3.18. The molecule has 7 heteroatoms. The van der Waals surface area contributed by atoms with Crippen LogP contribution in [0.15, 0.2) is 24.3 Å². The summed E-state index contributed by atoms with van der Waals surface area (Å²) in [5.74, 6) is 0.345. The predicted molar refractivity (Wildman–Crippen MR) is 124 cm³/mol. The van der Waals surface area contributed by atoms with E-state index in [-0.39, 0.29) is 36.0 Å². The number of amides is 2. The molecule has 3 aliphatic rings. The molecule has 0 radical (unpaired) electrons. The summed E-state index contributed by atoms with van der Waals surface area (Å²) in [6, 6.07) is 9.03. The van der Waals surface area contributed by atoms with Crippen LogP contribution < -0.4 is 5.32 Å². The van der Waals surface area contributed by atoms with Crippen LogP contribution in [0.5, 0.6) is 0 Å². The van der Waals surface area contributed by atoms with Gasteiger partial charge in [0.2, 0.25) is 11.8 Å². The average molecular weight is 443 g/mol. The summed E-state index contributed by atoms with van der Waals surface area (Å²) in [6.45, 7) is 5.86. The van der Waals surface area contributed by atoms with Crippen molar-refractivity contribution in [3.8, 4) is 0 Å². The lowest BCUT2D eigenvalue weighted by atomic mass is 10.0. The largest absolute Gasteiger partial charge is 0.383 e. The molecule has 3 fully saturated rings. The molecule has 0 bridgehead atoms. The molecule has 0 saturated carbocycles. The third-order valence-corrected chi connectivity index (χ3v) is 7.60. The van der Waals surface area contributed by atoms with Crippen molar-refractivity contribution in [3.63, 3.8) is 0 Å². The number of ether oxygens (including phenoxy) is 1. The average Bonchev–Trinajstić information content (AvgIpc) is 3.39. The van der Waals surface area contributed by atoms with Crippen molar-refractivity contribution in [1.82, 2.24) is 20.0 Å². The SMILES string of the molecule is COC[C@H]1CCCN1C(=O)CC[C@H]1CNC(=O)[C@@H]2[C@H](CCN2Cc2ccc(C)cc2)N1C. The summed E-state index contributed by atoms with van der Waals surface area (Å²) >= 11 is 0. The number of likely N-dealkylation sites (N-methyl/N-ethyl adjacent to an activating group) is 1. The number of nitrogens with zero attached hydrogens (tertiary/aromatic N) is 3. The number of carbonyl (C=O) groups is 2. The number of benzene rings is 1. The fourth-order valence-electron chi connectivity index (χ4n) is 5.72. The predicted octanol–water partition coefficient (Wildman–Crippen LogP) is 1.79. The van der Waals surface area contributed by atoms with Gasteiger partial charge in [-0.25, -0.2) is 0 Å². The van der Waals surface area contributed by atoms with Gasteiger partial charge in [-0.15, -0.1) is 0 Å². The van der Waals surface area contributed by atoms with Crippen molar-refractivity contribution < 1.29 is 14.3 Å². The van der Waals surface area contributed by atoms with Crippen LogP contribution in [-0.2, 0) is 20.9 Å².